The number of benzene rings is 2. The van der Waals surface area contributed by atoms with Crippen LogP contribution in [-0.2, 0) is 6.42 Å². The van der Waals surface area contributed by atoms with Crippen molar-refractivity contribution >= 4 is 11.7 Å². The highest BCUT2D eigenvalue weighted by molar-refractivity contribution is 5.91. The summed E-state index contributed by atoms with van der Waals surface area (Å²) >= 11 is 0. The van der Waals surface area contributed by atoms with E-state index >= 15 is 0 Å². The van der Waals surface area contributed by atoms with Crippen molar-refractivity contribution in [3.05, 3.63) is 64.7 Å². The molecule has 22 heavy (non-hydrogen) atoms. The lowest BCUT2D eigenvalue weighted by atomic mass is 10.1. The second kappa shape index (κ2) is 5.81. The van der Waals surface area contributed by atoms with E-state index in [4.69, 9.17) is 0 Å². The zero-order chi connectivity index (χ0) is 15.7. The lowest BCUT2D eigenvalue weighted by molar-refractivity contribution is 0.144. The average molecular weight is 296 g/mol. The van der Waals surface area contributed by atoms with E-state index in [1.54, 1.807) is 0 Å². The highest BCUT2D eigenvalue weighted by Gasteiger charge is 2.31. The van der Waals surface area contributed by atoms with Crippen molar-refractivity contribution in [1.82, 2.24) is 5.32 Å². The number of para-hydroxylation sites is 1. The fraction of sp³-hybridized carbons (Fsp3) is 0.278. The van der Waals surface area contributed by atoms with Crippen LogP contribution in [0.15, 0.2) is 42.5 Å². The first-order valence-corrected chi connectivity index (χ1v) is 7.46. The molecule has 0 unspecified atom stereocenters. The summed E-state index contributed by atoms with van der Waals surface area (Å²) in [5.74, 6) is 0. The van der Waals surface area contributed by atoms with Crippen LogP contribution in [0.25, 0.3) is 0 Å². The summed E-state index contributed by atoms with van der Waals surface area (Å²) in [7, 11) is 0. The maximum absolute atomic E-state index is 12.3. The smallest absolute Gasteiger partial charge is 0.319 e. The van der Waals surface area contributed by atoms with Crippen molar-refractivity contribution in [1.29, 1.82) is 0 Å². The van der Waals surface area contributed by atoms with Gasteiger partial charge in [0.25, 0.3) is 0 Å². The monoisotopic (exact) mass is 296 g/mol. The number of hydrogen-bond acceptors (Lipinski definition) is 2. The maximum Gasteiger partial charge on any atom is 0.319 e. The molecule has 0 heterocycles. The Bertz CT molecular complexity index is 692. The number of nitrogens with one attached hydrogen (secondary N) is 2. The van der Waals surface area contributed by atoms with Gasteiger partial charge in [-0.2, -0.15) is 0 Å². The SMILES string of the molecule is Cc1cccc(C)c1NC(=O)N[C@@H]1c2ccccc2C[C@@H]1O. The molecule has 2 atom stereocenters. The molecule has 0 radical (unpaired) electrons. The average Bonchev–Trinajstić information content (AvgIpc) is 2.79. The van der Waals surface area contributed by atoms with Crippen molar-refractivity contribution in [3.63, 3.8) is 0 Å². The van der Waals surface area contributed by atoms with Gasteiger partial charge in [-0.3, -0.25) is 0 Å². The van der Waals surface area contributed by atoms with E-state index in [1.165, 1.54) is 0 Å². The van der Waals surface area contributed by atoms with Gasteiger partial charge in [-0.15, -0.1) is 0 Å². The van der Waals surface area contributed by atoms with Gasteiger partial charge in [-0.1, -0.05) is 42.5 Å². The summed E-state index contributed by atoms with van der Waals surface area (Å²) < 4.78 is 0. The van der Waals surface area contributed by atoms with Crippen molar-refractivity contribution in [3.8, 4) is 0 Å². The van der Waals surface area contributed by atoms with E-state index in [9.17, 15) is 9.90 Å². The lowest BCUT2D eigenvalue weighted by Gasteiger charge is -2.19. The summed E-state index contributed by atoms with van der Waals surface area (Å²) in [6, 6.07) is 13.0. The quantitative estimate of drug-likeness (QED) is 0.797. The van der Waals surface area contributed by atoms with E-state index in [2.05, 4.69) is 10.6 Å². The number of carbonyl (C=O) groups excluding carboxylic acids is 1. The maximum atomic E-state index is 12.3. The molecule has 0 spiro atoms. The van der Waals surface area contributed by atoms with Gasteiger partial charge in [0.05, 0.1) is 12.1 Å². The molecular weight excluding hydrogens is 276 g/mol. The van der Waals surface area contributed by atoms with Crippen molar-refractivity contribution in [2.45, 2.75) is 32.4 Å². The molecule has 0 saturated carbocycles. The molecule has 2 aromatic rings. The Morgan fingerprint density at radius 1 is 1.09 bits per heavy atom. The molecule has 0 aliphatic heterocycles. The summed E-state index contributed by atoms with van der Waals surface area (Å²) in [6.07, 6.45) is -0.00838. The van der Waals surface area contributed by atoms with E-state index in [1.807, 2.05) is 56.3 Å². The number of carbonyl (C=O) groups is 1. The number of hydrogen-bond donors (Lipinski definition) is 3. The Hall–Kier alpha value is -2.33. The molecule has 0 fully saturated rings. The summed E-state index contributed by atoms with van der Waals surface area (Å²) in [6.45, 7) is 3.92. The standard InChI is InChI=1S/C18H20N2O2/c1-11-6-5-7-12(2)16(11)19-18(22)20-17-14-9-4-3-8-13(14)10-15(17)21/h3-9,15,17,21H,10H2,1-2H3,(H2,19,20,22)/t15-,17+/m0/s1. The van der Waals surface area contributed by atoms with Gasteiger partial charge in [0.2, 0.25) is 0 Å². The van der Waals surface area contributed by atoms with Crippen LogP contribution in [0.1, 0.15) is 28.3 Å². The first kappa shape index (κ1) is 14.6. The molecule has 114 valence electrons. The molecular formula is C18H20N2O2. The van der Waals surface area contributed by atoms with E-state index in [-0.39, 0.29) is 12.1 Å². The van der Waals surface area contributed by atoms with E-state index in [0.29, 0.717) is 6.42 Å². The van der Waals surface area contributed by atoms with Crippen molar-refractivity contribution in [2.24, 2.45) is 0 Å². The number of anilines is 1. The molecule has 3 N–H and O–H groups in total. The molecule has 2 aromatic carbocycles. The zero-order valence-electron chi connectivity index (χ0n) is 12.8. The number of rotatable bonds is 2. The van der Waals surface area contributed by atoms with Crippen molar-refractivity contribution in [2.75, 3.05) is 5.32 Å². The van der Waals surface area contributed by atoms with Gasteiger partial charge in [0.15, 0.2) is 0 Å². The molecule has 2 amide bonds. The van der Waals surface area contributed by atoms with Crippen LogP contribution >= 0.6 is 0 Å². The molecule has 0 saturated heterocycles. The van der Waals surface area contributed by atoms with Crippen LogP contribution in [0.3, 0.4) is 0 Å². The topological polar surface area (TPSA) is 61.4 Å². The van der Waals surface area contributed by atoms with E-state index in [0.717, 1.165) is 27.9 Å². The Kier molecular flexibility index (Phi) is 3.86. The minimum atomic E-state index is -0.582. The second-order valence-electron chi connectivity index (χ2n) is 5.81. The van der Waals surface area contributed by atoms with Gasteiger partial charge in [-0.25, -0.2) is 4.79 Å². The number of aryl methyl sites for hydroxylation is 2. The Balaban J connectivity index is 1.75. The molecule has 4 nitrogen and oxygen atoms in total. The third-order valence-corrected chi connectivity index (χ3v) is 4.21. The number of fused-ring (bicyclic) bond motifs is 1. The first-order valence-electron chi connectivity index (χ1n) is 7.46. The fourth-order valence-electron chi connectivity index (χ4n) is 3.05. The van der Waals surface area contributed by atoms with E-state index < -0.39 is 6.10 Å². The Morgan fingerprint density at radius 3 is 2.50 bits per heavy atom. The Labute approximate surface area is 130 Å². The molecule has 1 aliphatic carbocycles. The highest BCUT2D eigenvalue weighted by Crippen LogP contribution is 2.31. The minimum Gasteiger partial charge on any atom is -0.390 e. The fourth-order valence-corrected chi connectivity index (χ4v) is 3.05. The van der Waals surface area contributed by atoms with Gasteiger partial charge in [-0.05, 0) is 36.1 Å². The van der Waals surface area contributed by atoms with Crippen LogP contribution in [0.2, 0.25) is 0 Å². The van der Waals surface area contributed by atoms with Crippen LogP contribution in [0.5, 0.6) is 0 Å². The summed E-state index contributed by atoms with van der Waals surface area (Å²) in [5.41, 5.74) is 4.94. The van der Waals surface area contributed by atoms with Crippen molar-refractivity contribution < 1.29 is 9.90 Å². The van der Waals surface area contributed by atoms with Gasteiger partial charge >= 0.3 is 6.03 Å². The molecule has 0 bridgehead atoms. The largest absolute Gasteiger partial charge is 0.390 e. The van der Waals surface area contributed by atoms with Crippen LogP contribution in [-0.4, -0.2) is 17.2 Å². The number of amides is 2. The third-order valence-electron chi connectivity index (χ3n) is 4.21. The predicted octanol–water partition coefficient (Wildman–Crippen LogP) is 3.08. The van der Waals surface area contributed by atoms with Gasteiger partial charge < -0.3 is 15.7 Å². The summed E-state index contributed by atoms with van der Waals surface area (Å²) in [4.78, 5) is 12.3. The van der Waals surface area contributed by atoms with Crippen LogP contribution in [0, 0.1) is 13.8 Å². The number of aliphatic hydroxyl groups excluding tert-OH is 1. The Morgan fingerprint density at radius 2 is 1.77 bits per heavy atom. The zero-order valence-corrected chi connectivity index (χ0v) is 12.8. The minimum absolute atomic E-state index is 0.293. The second-order valence-corrected chi connectivity index (χ2v) is 5.81. The molecule has 1 aliphatic rings. The molecule has 4 heteroatoms. The van der Waals surface area contributed by atoms with Gasteiger partial charge in [0, 0.05) is 12.1 Å². The number of aliphatic hydroxyl groups is 1. The highest BCUT2D eigenvalue weighted by atomic mass is 16.3. The van der Waals surface area contributed by atoms with Gasteiger partial charge in [0.1, 0.15) is 0 Å². The van der Waals surface area contributed by atoms with Crippen LogP contribution < -0.4 is 10.6 Å². The van der Waals surface area contributed by atoms with Crippen LogP contribution in [0.4, 0.5) is 10.5 Å². The summed E-state index contributed by atoms with van der Waals surface area (Å²) in [5, 5.41) is 16.0. The lowest BCUT2D eigenvalue weighted by Crippen LogP contribution is -2.37. The normalized spacial score (nSPS) is 19.6. The first-order chi connectivity index (χ1) is 10.6. The number of urea groups is 1. The molecule has 0 aromatic heterocycles. The third kappa shape index (κ3) is 2.70. The molecule has 3 rings (SSSR count). The predicted molar refractivity (Wildman–Crippen MR) is 87.0 cm³/mol.